The fourth-order valence-electron chi connectivity index (χ4n) is 1.22. The maximum atomic E-state index is 3.90. The summed E-state index contributed by atoms with van der Waals surface area (Å²) < 4.78 is 3.73. The maximum Gasteiger partial charge on any atom is 0.232 e. The fraction of sp³-hybridized carbons (Fsp3) is 0.222. The molecule has 0 aliphatic carbocycles. The molecule has 0 spiro atoms. The molecule has 15 heavy (non-hydrogen) atoms. The normalized spacial score (nSPS) is 10.0. The van der Waals surface area contributed by atoms with Crippen molar-refractivity contribution in [1.82, 2.24) is 14.8 Å². The SMILES string of the molecule is CNc1ccc(N(C)c2nnns2)cc1. The lowest BCUT2D eigenvalue weighted by atomic mass is 10.2. The van der Waals surface area contributed by atoms with Gasteiger partial charge in [0.25, 0.3) is 0 Å². The first-order valence-electron chi connectivity index (χ1n) is 4.48. The van der Waals surface area contributed by atoms with Crippen LogP contribution in [0.15, 0.2) is 24.3 Å². The maximum absolute atomic E-state index is 3.90. The second-order valence-electron chi connectivity index (χ2n) is 3.00. The number of nitrogens with zero attached hydrogens (tertiary/aromatic N) is 4. The van der Waals surface area contributed by atoms with Gasteiger partial charge in [0, 0.05) is 37.0 Å². The van der Waals surface area contributed by atoms with Crippen LogP contribution in [0.4, 0.5) is 16.5 Å². The van der Waals surface area contributed by atoms with Crippen LogP contribution in [0.1, 0.15) is 0 Å². The van der Waals surface area contributed by atoms with Crippen molar-refractivity contribution in [3.05, 3.63) is 24.3 Å². The molecule has 2 rings (SSSR count). The van der Waals surface area contributed by atoms with E-state index in [9.17, 15) is 0 Å². The standard InChI is InChI=1S/C9H11N5S/c1-10-7-3-5-8(6-4-7)14(2)9-11-12-13-15-9/h3-6,10H,1-2H3. The van der Waals surface area contributed by atoms with E-state index in [2.05, 4.69) is 20.1 Å². The van der Waals surface area contributed by atoms with E-state index in [1.54, 1.807) is 0 Å². The fourth-order valence-corrected chi connectivity index (χ4v) is 1.67. The van der Waals surface area contributed by atoms with Gasteiger partial charge in [0.05, 0.1) is 0 Å². The van der Waals surface area contributed by atoms with Crippen LogP contribution < -0.4 is 10.2 Å². The van der Waals surface area contributed by atoms with E-state index in [-0.39, 0.29) is 0 Å². The highest BCUT2D eigenvalue weighted by atomic mass is 32.1. The van der Waals surface area contributed by atoms with Gasteiger partial charge in [-0.05, 0) is 29.5 Å². The van der Waals surface area contributed by atoms with Crippen LogP contribution in [0.5, 0.6) is 0 Å². The lowest BCUT2D eigenvalue weighted by Crippen LogP contribution is -2.08. The number of rotatable bonds is 3. The molecule has 0 fully saturated rings. The third kappa shape index (κ3) is 2.04. The minimum absolute atomic E-state index is 0.784. The Bertz CT molecular complexity index is 411. The lowest BCUT2D eigenvalue weighted by Gasteiger charge is -2.14. The number of nitrogens with one attached hydrogen (secondary N) is 1. The summed E-state index contributed by atoms with van der Waals surface area (Å²) in [7, 11) is 3.84. The van der Waals surface area contributed by atoms with Crippen LogP contribution in [0.3, 0.4) is 0 Å². The van der Waals surface area contributed by atoms with Gasteiger partial charge in [-0.2, -0.15) is 0 Å². The summed E-state index contributed by atoms with van der Waals surface area (Å²) in [6.07, 6.45) is 0. The summed E-state index contributed by atoms with van der Waals surface area (Å²) in [4.78, 5) is 1.95. The van der Waals surface area contributed by atoms with E-state index in [0.717, 1.165) is 16.5 Å². The number of aromatic nitrogens is 3. The summed E-state index contributed by atoms with van der Waals surface area (Å²) in [6, 6.07) is 8.07. The minimum Gasteiger partial charge on any atom is -0.388 e. The molecule has 1 aromatic carbocycles. The van der Waals surface area contributed by atoms with E-state index >= 15 is 0 Å². The van der Waals surface area contributed by atoms with Gasteiger partial charge in [0.1, 0.15) is 0 Å². The largest absolute Gasteiger partial charge is 0.388 e. The van der Waals surface area contributed by atoms with Gasteiger partial charge in [-0.3, -0.25) is 0 Å². The third-order valence-electron chi connectivity index (χ3n) is 2.12. The molecule has 1 heterocycles. The highest BCUT2D eigenvalue weighted by molar-refractivity contribution is 7.09. The van der Waals surface area contributed by atoms with Crippen molar-refractivity contribution in [3.8, 4) is 0 Å². The van der Waals surface area contributed by atoms with Gasteiger partial charge in [-0.25, -0.2) is 0 Å². The first-order chi connectivity index (χ1) is 7.31. The van der Waals surface area contributed by atoms with Crippen molar-refractivity contribution in [1.29, 1.82) is 0 Å². The average Bonchev–Trinajstić information content (AvgIpc) is 2.82. The molecule has 0 amide bonds. The smallest absolute Gasteiger partial charge is 0.232 e. The number of hydrogen-bond acceptors (Lipinski definition) is 6. The topological polar surface area (TPSA) is 53.9 Å². The molecular weight excluding hydrogens is 210 g/mol. The van der Waals surface area contributed by atoms with Gasteiger partial charge >= 0.3 is 0 Å². The van der Waals surface area contributed by atoms with Gasteiger partial charge in [-0.1, -0.05) is 9.59 Å². The van der Waals surface area contributed by atoms with Crippen molar-refractivity contribution < 1.29 is 0 Å². The Labute approximate surface area is 91.9 Å². The summed E-state index contributed by atoms with van der Waals surface area (Å²) in [5.41, 5.74) is 2.15. The molecule has 0 aliphatic heterocycles. The zero-order valence-corrected chi connectivity index (χ0v) is 9.32. The zero-order valence-electron chi connectivity index (χ0n) is 8.51. The monoisotopic (exact) mass is 221 g/mol. The molecule has 6 heteroatoms. The summed E-state index contributed by atoms with van der Waals surface area (Å²) in [5, 5.41) is 11.3. The number of anilines is 3. The second kappa shape index (κ2) is 4.22. The van der Waals surface area contributed by atoms with Gasteiger partial charge in [-0.15, -0.1) is 0 Å². The molecular formula is C9H11N5S. The molecule has 2 aromatic rings. The van der Waals surface area contributed by atoms with Crippen LogP contribution in [0, 0.1) is 0 Å². The zero-order chi connectivity index (χ0) is 10.7. The van der Waals surface area contributed by atoms with Crippen LogP contribution in [-0.4, -0.2) is 28.9 Å². The number of hydrogen-bond donors (Lipinski definition) is 1. The predicted molar refractivity (Wildman–Crippen MR) is 61.8 cm³/mol. The van der Waals surface area contributed by atoms with Crippen LogP contribution in [-0.2, 0) is 0 Å². The molecule has 5 nitrogen and oxygen atoms in total. The molecule has 1 N–H and O–H groups in total. The van der Waals surface area contributed by atoms with E-state index in [1.807, 2.05) is 43.3 Å². The Kier molecular flexibility index (Phi) is 2.77. The lowest BCUT2D eigenvalue weighted by molar-refractivity contribution is 0.944. The molecule has 0 radical (unpaired) electrons. The molecule has 0 saturated heterocycles. The average molecular weight is 221 g/mol. The highest BCUT2D eigenvalue weighted by Crippen LogP contribution is 2.24. The quantitative estimate of drug-likeness (QED) is 0.855. The van der Waals surface area contributed by atoms with E-state index in [1.165, 1.54) is 11.5 Å². The summed E-state index contributed by atoms with van der Waals surface area (Å²) in [5.74, 6) is 0. The van der Waals surface area contributed by atoms with Crippen molar-refractivity contribution in [2.24, 2.45) is 0 Å². The number of benzene rings is 1. The Morgan fingerprint density at radius 1 is 1.27 bits per heavy atom. The first-order valence-corrected chi connectivity index (χ1v) is 5.25. The molecule has 0 unspecified atom stereocenters. The Balaban J connectivity index is 2.22. The van der Waals surface area contributed by atoms with E-state index in [0.29, 0.717) is 0 Å². The van der Waals surface area contributed by atoms with Crippen molar-refractivity contribution in [2.75, 3.05) is 24.3 Å². The van der Waals surface area contributed by atoms with Gasteiger partial charge in [0.15, 0.2) is 0 Å². The molecule has 0 saturated carbocycles. The molecule has 1 aromatic heterocycles. The second-order valence-corrected chi connectivity index (χ2v) is 3.71. The van der Waals surface area contributed by atoms with Crippen molar-refractivity contribution in [3.63, 3.8) is 0 Å². The highest BCUT2D eigenvalue weighted by Gasteiger charge is 2.07. The van der Waals surface area contributed by atoms with Gasteiger partial charge in [0.2, 0.25) is 5.13 Å². The van der Waals surface area contributed by atoms with E-state index < -0.39 is 0 Å². The van der Waals surface area contributed by atoms with Crippen LogP contribution in [0.25, 0.3) is 0 Å². The summed E-state index contributed by atoms with van der Waals surface area (Å²) in [6.45, 7) is 0. The van der Waals surface area contributed by atoms with E-state index in [4.69, 9.17) is 0 Å². The Morgan fingerprint density at radius 2 is 2.00 bits per heavy atom. The third-order valence-corrected chi connectivity index (χ3v) is 2.79. The Morgan fingerprint density at radius 3 is 2.53 bits per heavy atom. The molecule has 78 valence electrons. The van der Waals surface area contributed by atoms with Gasteiger partial charge < -0.3 is 10.2 Å². The minimum atomic E-state index is 0.784. The first kappa shape index (κ1) is 9.85. The molecule has 0 aliphatic rings. The van der Waals surface area contributed by atoms with Crippen molar-refractivity contribution >= 4 is 28.0 Å². The van der Waals surface area contributed by atoms with Crippen molar-refractivity contribution in [2.45, 2.75) is 0 Å². The predicted octanol–water partition coefficient (Wildman–Crippen LogP) is 1.74. The van der Waals surface area contributed by atoms with Crippen LogP contribution in [0.2, 0.25) is 0 Å². The Hall–Kier alpha value is -1.69. The van der Waals surface area contributed by atoms with Crippen LogP contribution >= 0.6 is 11.5 Å². The molecule has 0 atom stereocenters. The molecule has 0 bridgehead atoms. The summed E-state index contributed by atoms with van der Waals surface area (Å²) >= 11 is 1.27.